The van der Waals surface area contributed by atoms with E-state index in [1.807, 2.05) is 18.7 Å². The summed E-state index contributed by atoms with van der Waals surface area (Å²) in [7, 11) is 0. The summed E-state index contributed by atoms with van der Waals surface area (Å²) in [6.07, 6.45) is 9.92. The second-order valence-electron chi connectivity index (χ2n) is 7.67. The first-order valence-electron chi connectivity index (χ1n) is 9.19. The zero-order valence-electron chi connectivity index (χ0n) is 14.1. The fraction of sp³-hybridized carbons (Fsp3) is 0.889. The van der Waals surface area contributed by atoms with Crippen LogP contribution in [0.4, 0.5) is 0 Å². The zero-order valence-corrected chi connectivity index (χ0v) is 14.1. The van der Waals surface area contributed by atoms with Gasteiger partial charge >= 0.3 is 0 Å². The van der Waals surface area contributed by atoms with Crippen LogP contribution in [0.15, 0.2) is 0 Å². The second-order valence-corrected chi connectivity index (χ2v) is 7.67. The molecule has 124 valence electrons. The number of rotatable bonds is 2. The van der Waals surface area contributed by atoms with E-state index in [4.69, 9.17) is 0 Å². The number of carbonyl (C=O) groups is 2. The van der Waals surface area contributed by atoms with Crippen molar-refractivity contribution in [1.29, 1.82) is 0 Å². The third kappa shape index (κ3) is 2.44. The van der Waals surface area contributed by atoms with Gasteiger partial charge in [-0.25, -0.2) is 0 Å². The minimum Gasteiger partial charge on any atom is -0.341 e. The Hall–Kier alpha value is -1.06. The predicted molar refractivity (Wildman–Crippen MR) is 86.3 cm³/mol. The Bertz CT molecular complexity index is 432. The largest absolute Gasteiger partial charge is 0.341 e. The molecule has 0 radical (unpaired) electrons. The van der Waals surface area contributed by atoms with Crippen LogP contribution < -0.4 is 0 Å². The Morgan fingerprint density at radius 2 is 1.55 bits per heavy atom. The maximum atomic E-state index is 13.2. The number of nitrogens with zero attached hydrogens (tertiary/aromatic N) is 2. The molecule has 1 atom stereocenters. The van der Waals surface area contributed by atoms with Gasteiger partial charge in [0, 0.05) is 19.1 Å². The minimum absolute atomic E-state index is 0.126. The molecule has 3 fully saturated rings. The lowest BCUT2D eigenvalue weighted by Gasteiger charge is -2.59. The van der Waals surface area contributed by atoms with Crippen LogP contribution in [0.5, 0.6) is 0 Å². The van der Waals surface area contributed by atoms with Gasteiger partial charge in [-0.2, -0.15) is 0 Å². The van der Waals surface area contributed by atoms with Crippen LogP contribution in [0.1, 0.15) is 71.6 Å². The molecule has 4 nitrogen and oxygen atoms in total. The SMILES string of the molecule is CC(C)N1C(=O)C2(CCCCC2)C1C(=O)N1CCCCCC1. The lowest BCUT2D eigenvalue weighted by atomic mass is 9.61. The number of likely N-dealkylation sites (tertiary alicyclic amines) is 2. The van der Waals surface area contributed by atoms with Crippen molar-refractivity contribution in [3.63, 3.8) is 0 Å². The lowest BCUT2D eigenvalue weighted by molar-refractivity contribution is -0.189. The molecular weight excluding hydrogens is 276 g/mol. The number of β-lactam (4-membered cyclic amide) rings is 1. The molecule has 0 N–H and O–H groups in total. The normalized spacial score (nSPS) is 28.7. The van der Waals surface area contributed by atoms with E-state index in [2.05, 4.69) is 4.90 Å². The zero-order chi connectivity index (χ0) is 15.7. The maximum Gasteiger partial charge on any atom is 0.246 e. The van der Waals surface area contributed by atoms with E-state index in [1.54, 1.807) is 0 Å². The molecule has 22 heavy (non-hydrogen) atoms. The molecule has 2 heterocycles. The molecule has 3 aliphatic rings. The molecule has 2 saturated heterocycles. The number of hydrogen-bond donors (Lipinski definition) is 0. The summed E-state index contributed by atoms with van der Waals surface area (Å²) < 4.78 is 0. The Labute approximate surface area is 134 Å². The molecule has 1 unspecified atom stereocenters. The quantitative estimate of drug-likeness (QED) is 0.736. The Morgan fingerprint density at radius 3 is 2.09 bits per heavy atom. The highest BCUT2D eigenvalue weighted by molar-refractivity contribution is 6.02. The summed E-state index contributed by atoms with van der Waals surface area (Å²) in [5.41, 5.74) is -0.355. The first-order chi connectivity index (χ1) is 10.6. The average Bonchev–Trinajstić information content (AvgIpc) is 2.81. The van der Waals surface area contributed by atoms with Gasteiger partial charge in [0.2, 0.25) is 11.8 Å². The van der Waals surface area contributed by atoms with Crippen molar-refractivity contribution < 1.29 is 9.59 Å². The Kier molecular flexibility index (Phi) is 4.47. The van der Waals surface area contributed by atoms with Gasteiger partial charge in [0.05, 0.1) is 5.41 Å². The van der Waals surface area contributed by atoms with Crippen LogP contribution >= 0.6 is 0 Å². The lowest BCUT2D eigenvalue weighted by Crippen LogP contribution is -2.75. The van der Waals surface area contributed by atoms with E-state index in [0.717, 1.165) is 51.6 Å². The fourth-order valence-electron chi connectivity index (χ4n) is 4.71. The van der Waals surface area contributed by atoms with Gasteiger partial charge < -0.3 is 9.80 Å². The Morgan fingerprint density at radius 1 is 1.00 bits per heavy atom. The van der Waals surface area contributed by atoms with Gasteiger partial charge in [0.1, 0.15) is 6.04 Å². The maximum absolute atomic E-state index is 13.2. The molecular formula is C18H30N2O2. The molecule has 1 spiro atoms. The van der Waals surface area contributed by atoms with Crippen molar-refractivity contribution in [2.75, 3.05) is 13.1 Å². The molecule has 4 heteroatoms. The average molecular weight is 306 g/mol. The molecule has 2 amide bonds. The number of carbonyl (C=O) groups excluding carboxylic acids is 2. The van der Waals surface area contributed by atoms with E-state index in [-0.39, 0.29) is 29.3 Å². The monoisotopic (exact) mass is 306 g/mol. The van der Waals surface area contributed by atoms with E-state index >= 15 is 0 Å². The second kappa shape index (κ2) is 6.21. The fourth-order valence-corrected chi connectivity index (χ4v) is 4.71. The topological polar surface area (TPSA) is 40.6 Å². The first kappa shape index (κ1) is 15.8. The van der Waals surface area contributed by atoms with Crippen molar-refractivity contribution in [1.82, 2.24) is 9.80 Å². The number of amides is 2. The van der Waals surface area contributed by atoms with E-state index in [9.17, 15) is 9.59 Å². The molecule has 2 aliphatic heterocycles. The van der Waals surface area contributed by atoms with Crippen molar-refractivity contribution in [2.45, 2.75) is 83.7 Å². The van der Waals surface area contributed by atoms with Gasteiger partial charge in [-0.05, 0) is 39.5 Å². The van der Waals surface area contributed by atoms with Crippen molar-refractivity contribution in [3.05, 3.63) is 0 Å². The van der Waals surface area contributed by atoms with Crippen LogP contribution in [-0.4, -0.2) is 46.8 Å². The summed E-state index contributed by atoms with van der Waals surface area (Å²) >= 11 is 0. The van der Waals surface area contributed by atoms with E-state index < -0.39 is 0 Å². The van der Waals surface area contributed by atoms with Crippen molar-refractivity contribution >= 4 is 11.8 Å². The molecule has 1 aliphatic carbocycles. The predicted octanol–water partition coefficient (Wildman–Crippen LogP) is 2.96. The molecule has 0 aromatic rings. The summed E-state index contributed by atoms with van der Waals surface area (Å²) in [6.45, 7) is 5.84. The van der Waals surface area contributed by atoms with Gasteiger partial charge in [-0.1, -0.05) is 32.1 Å². The van der Waals surface area contributed by atoms with Crippen molar-refractivity contribution in [3.8, 4) is 0 Å². The Balaban J connectivity index is 1.82. The third-order valence-electron chi connectivity index (χ3n) is 5.92. The molecule has 1 saturated carbocycles. The van der Waals surface area contributed by atoms with Crippen molar-refractivity contribution in [2.24, 2.45) is 5.41 Å². The van der Waals surface area contributed by atoms with Gasteiger partial charge in [0.15, 0.2) is 0 Å². The third-order valence-corrected chi connectivity index (χ3v) is 5.92. The van der Waals surface area contributed by atoms with Gasteiger partial charge in [-0.3, -0.25) is 9.59 Å². The highest BCUT2D eigenvalue weighted by atomic mass is 16.2. The van der Waals surface area contributed by atoms with Crippen LogP contribution in [-0.2, 0) is 9.59 Å². The molecule has 3 rings (SSSR count). The summed E-state index contributed by atoms with van der Waals surface area (Å²) in [5, 5.41) is 0. The summed E-state index contributed by atoms with van der Waals surface area (Å²) in [6, 6.07) is -0.0561. The van der Waals surface area contributed by atoms with Gasteiger partial charge in [0.25, 0.3) is 0 Å². The first-order valence-corrected chi connectivity index (χ1v) is 9.19. The molecule has 0 bridgehead atoms. The van der Waals surface area contributed by atoms with Crippen LogP contribution in [0.25, 0.3) is 0 Å². The van der Waals surface area contributed by atoms with Crippen LogP contribution in [0.2, 0.25) is 0 Å². The standard InChI is InChI=1S/C18H30N2O2/c1-14(2)20-15(16(21)19-12-8-3-4-9-13-19)18(17(20)22)10-6-5-7-11-18/h14-15H,3-13H2,1-2H3. The van der Waals surface area contributed by atoms with Gasteiger partial charge in [-0.15, -0.1) is 0 Å². The summed E-state index contributed by atoms with van der Waals surface area (Å²) in [4.78, 5) is 29.9. The summed E-state index contributed by atoms with van der Waals surface area (Å²) in [5.74, 6) is 0.479. The highest BCUT2D eigenvalue weighted by Gasteiger charge is 2.64. The van der Waals surface area contributed by atoms with E-state index in [0.29, 0.717) is 0 Å². The minimum atomic E-state index is -0.355. The molecule has 0 aromatic heterocycles. The smallest absolute Gasteiger partial charge is 0.246 e. The van der Waals surface area contributed by atoms with E-state index in [1.165, 1.54) is 19.3 Å². The van der Waals surface area contributed by atoms with Crippen LogP contribution in [0, 0.1) is 5.41 Å². The van der Waals surface area contributed by atoms with Crippen LogP contribution in [0.3, 0.4) is 0 Å². The number of hydrogen-bond acceptors (Lipinski definition) is 2. The molecule has 0 aromatic carbocycles. The highest BCUT2D eigenvalue weighted by Crippen LogP contribution is 2.51.